The summed E-state index contributed by atoms with van der Waals surface area (Å²) in [5.41, 5.74) is -1.33. The third-order valence-electron chi connectivity index (χ3n) is 6.00. The van der Waals surface area contributed by atoms with Crippen molar-refractivity contribution in [1.82, 2.24) is 0 Å². The van der Waals surface area contributed by atoms with Crippen LogP contribution >= 0.6 is 0 Å². The smallest absolute Gasteiger partial charge is 0.373 e. The van der Waals surface area contributed by atoms with Crippen LogP contribution < -0.4 is 4.74 Å². The van der Waals surface area contributed by atoms with Gasteiger partial charge in [-0.15, -0.1) is 0 Å². The van der Waals surface area contributed by atoms with Crippen molar-refractivity contribution in [3.63, 3.8) is 0 Å². The van der Waals surface area contributed by atoms with Gasteiger partial charge in [-0.2, -0.15) is 5.26 Å². The van der Waals surface area contributed by atoms with Gasteiger partial charge in [0.2, 0.25) is 11.9 Å². The number of nitriles is 1. The van der Waals surface area contributed by atoms with Gasteiger partial charge in [-0.05, 0) is 77.3 Å². The van der Waals surface area contributed by atoms with Gasteiger partial charge in [0.25, 0.3) is 0 Å². The molecule has 202 valence electrons. The second-order valence-electron chi connectivity index (χ2n) is 12.0. The molecule has 1 aliphatic carbocycles. The number of rotatable bonds is 8. The molecule has 2 aromatic carbocycles. The first-order chi connectivity index (χ1) is 17.6. The summed E-state index contributed by atoms with van der Waals surface area (Å²) < 4.78 is 23.0. The highest BCUT2D eigenvalue weighted by Crippen LogP contribution is 2.60. The van der Waals surface area contributed by atoms with Crippen molar-refractivity contribution in [2.24, 2.45) is 17.3 Å². The van der Waals surface area contributed by atoms with E-state index in [9.17, 15) is 14.9 Å². The number of benzene rings is 2. The van der Waals surface area contributed by atoms with Crippen LogP contribution in [-0.4, -0.2) is 23.1 Å². The van der Waals surface area contributed by atoms with Crippen LogP contribution in [0.3, 0.4) is 0 Å². The van der Waals surface area contributed by atoms with E-state index in [2.05, 4.69) is 6.07 Å². The highest BCUT2D eigenvalue weighted by atomic mass is 16.6. The molecule has 0 heterocycles. The molecule has 0 unspecified atom stereocenters. The molecular weight excluding hydrogens is 482 g/mol. The van der Waals surface area contributed by atoms with E-state index in [4.69, 9.17) is 18.9 Å². The number of nitrogens with zero attached hydrogens (tertiary/aromatic N) is 1. The Morgan fingerprint density at radius 3 is 2.11 bits per heavy atom. The second-order valence-corrected chi connectivity index (χ2v) is 12.0. The average molecular weight is 520 g/mol. The van der Waals surface area contributed by atoms with Crippen molar-refractivity contribution in [3.8, 4) is 17.6 Å². The lowest BCUT2D eigenvalue weighted by Crippen LogP contribution is -2.29. The Morgan fingerprint density at radius 2 is 1.53 bits per heavy atom. The monoisotopic (exact) mass is 519 g/mol. The van der Waals surface area contributed by atoms with Crippen LogP contribution in [0.25, 0.3) is 0 Å². The van der Waals surface area contributed by atoms with Gasteiger partial charge in [-0.3, -0.25) is 4.79 Å². The fourth-order valence-electron chi connectivity index (χ4n) is 4.13. The molecule has 7 nitrogen and oxygen atoms in total. The minimum atomic E-state index is -1.11. The molecule has 0 radical (unpaired) electrons. The third-order valence-corrected chi connectivity index (χ3v) is 6.00. The fraction of sp³-hybridized carbons (Fsp3) is 0.452. The predicted molar refractivity (Wildman–Crippen MR) is 143 cm³/mol. The molecule has 3 rings (SSSR count). The lowest BCUT2D eigenvalue weighted by molar-refractivity contribution is -0.157. The highest BCUT2D eigenvalue weighted by molar-refractivity contribution is 5.87. The minimum absolute atomic E-state index is 0.0587. The zero-order valence-electron chi connectivity index (χ0n) is 23.4. The maximum atomic E-state index is 13.2. The molecule has 0 spiro atoms. The molecule has 0 aliphatic heterocycles. The molecule has 2 aromatic rings. The molecule has 1 saturated carbocycles. The lowest BCUT2D eigenvalue weighted by atomic mass is 10.1. The summed E-state index contributed by atoms with van der Waals surface area (Å²) in [5.74, 6) is -0.746. The largest absolute Gasteiger partial charge is 0.481 e. The van der Waals surface area contributed by atoms with Crippen molar-refractivity contribution in [3.05, 3.63) is 72.0 Å². The van der Waals surface area contributed by atoms with Crippen LogP contribution in [0.4, 0.5) is 0 Å². The molecule has 7 heteroatoms. The van der Waals surface area contributed by atoms with E-state index in [0.29, 0.717) is 17.1 Å². The summed E-state index contributed by atoms with van der Waals surface area (Å²) in [6.45, 7) is 14.7. The highest BCUT2D eigenvalue weighted by Gasteiger charge is 2.62. The third kappa shape index (κ3) is 7.61. The summed E-state index contributed by atoms with van der Waals surface area (Å²) in [6, 6.07) is 18.2. The Balaban J connectivity index is 1.77. The molecule has 0 saturated heterocycles. The van der Waals surface area contributed by atoms with Gasteiger partial charge < -0.3 is 18.9 Å². The number of ether oxygens (including phenoxy) is 4. The summed E-state index contributed by atoms with van der Waals surface area (Å²) in [4.78, 5) is 26.1. The van der Waals surface area contributed by atoms with Crippen molar-refractivity contribution in [2.45, 2.75) is 72.7 Å². The van der Waals surface area contributed by atoms with Gasteiger partial charge in [0, 0.05) is 11.5 Å². The van der Waals surface area contributed by atoms with E-state index in [1.807, 2.05) is 65.0 Å². The maximum absolute atomic E-state index is 13.2. The molecule has 0 aromatic heterocycles. The van der Waals surface area contributed by atoms with Crippen LogP contribution in [0.15, 0.2) is 66.4 Å². The lowest BCUT2D eigenvalue weighted by Gasteiger charge is -2.26. The summed E-state index contributed by atoms with van der Waals surface area (Å²) in [6.07, 6.45) is 0.542. The van der Waals surface area contributed by atoms with Gasteiger partial charge in [0.15, 0.2) is 0 Å². The molecular formula is C31H37NO6. The van der Waals surface area contributed by atoms with E-state index in [1.54, 1.807) is 51.1 Å². The number of carbonyl (C=O) groups excluding carboxylic acids is 2. The van der Waals surface area contributed by atoms with Crippen molar-refractivity contribution >= 4 is 11.9 Å². The number of hydrogen-bond donors (Lipinski definition) is 0. The summed E-state index contributed by atoms with van der Waals surface area (Å²) in [7, 11) is 0. The molecule has 0 bridgehead atoms. The second kappa shape index (κ2) is 10.9. The van der Waals surface area contributed by atoms with Gasteiger partial charge in [-0.25, -0.2) is 4.79 Å². The Bertz CT molecular complexity index is 1230. The molecule has 1 aliphatic rings. The summed E-state index contributed by atoms with van der Waals surface area (Å²) >= 11 is 0. The van der Waals surface area contributed by atoms with E-state index >= 15 is 0 Å². The summed E-state index contributed by atoms with van der Waals surface area (Å²) in [5, 5.41) is 9.80. The van der Waals surface area contributed by atoms with E-state index in [-0.39, 0.29) is 11.7 Å². The first kappa shape index (κ1) is 28.8. The van der Waals surface area contributed by atoms with Crippen molar-refractivity contribution in [1.29, 1.82) is 5.26 Å². The van der Waals surface area contributed by atoms with Crippen LogP contribution in [0, 0.1) is 28.6 Å². The molecule has 0 N–H and O–H groups in total. The number of esters is 2. The maximum Gasteiger partial charge on any atom is 0.373 e. The Morgan fingerprint density at radius 1 is 0.921 bits per heavy atom. The normalized spacial score (nSPS) is 19.5. The molecule has 0 amide bonds. The van der Waals surface area contributed by atoms with Crippen LogP contribution in [0.1, 0.15) is 67.1 Å². The number of para-hydroxylation sites is 1. The predicted octanol–water partition coefficient (Wildman–Crippen LogP) is 6.90. The molecule has 38 heavy (non-hydrogen) atoms. The average Bonchev–Trinajstić information content (AvgIpc) is 3.35. The Hall–Kier alpha value is -3.79. The van der Waals surface area contributed by atoms with Gasteiger partial charge >= 0.3 is 11.9 Å². The zero-order chi connectivity index (χ0) is 28.3. The van der Waals surface area contributed by atoms with Crippen LogP contribution in [0.2, 0.25) is 0 Å². The number of carbonyl (C=O) groups is 2. The number of hydrogen-bond acceptors (Lipinski definition) is 7. The van der Waals surface area contributed by atoms with Gasteiger partial charge in [0.1, 0.15) is 28.8 Å². The van der Waals surface area contributed by atoms with Crippen LogP contribution in [-0.2, 0) is 23.8 Å². The first-order valence-corrected chi connectivity index (χ1v) is 12.7. The Labute approximate surface area is 225 Å². The Kier molecular flexibility index (Phi) is 8.26. The van der Waals surface area contributed by atoms with E-state index in [1.165, 1.54) is 0 Å². The zero-order valence-corrected chi connectivity index (χ0v) is 23.4. The quantitative estimate of drug-likeness (QED) is 0.213. The SMILES string of the molecule is CC(C)(C)OC(=O)C(=C[C@@H]1[C@@H](C(=O)O[C@H](C#N)c2cccc(Oc3ccccc3)c2)C1(C)C)OC(C)(C)C. The minimum Gasteiger partial charge on any atom is -0.481 e. The van der Waals surface area contributed by atoms with Crippen molar-refractivity contribution in [2.75, 3.05) is 0 Å². The van der Waals surface area contributed by atoms with E-state index < -0.39 is 40.6 Å². The van der Waals surface area contributed by atoms with Crippen molar-refractivity contribution < 1.29 is 28.5 Å². The fourth-order valence-corrected chi connectivity index (χ4v) is 4.13. The number of allylic oxidation sites excluding steroid dienone is 1. The topological polar surface area (TPSA) is 94.9 Å². The van der Waals surface area contributed by atoms with Gasteiger partial charge in [-0.1, -0.05) is 44.2 Å². The standard InChI is InChI=1S/C31H37NO6/c1-29(2,3)37-24(27(33)38-30(4,5)6)18-23-26(31(23,7)8)28(34)36-25(19-32)20-13-12-16-22(17-20)35-21-14-10-9-11-15-21/h9-18,23,25-26H,1-8H3/t23-,25-,26+/m1/s1. The van der Waals surface area contributed by atoms with Crippen LogP contribution in [0.5, 0.6) is 11.5 Å². The molecule has 3 atom stereocenters. The van der Waals surface area contributed by atoms with E-state index in [0.717, 1.165) is 0 Å². The van der Waals surface area contributed by atoms with Gasteiger partial charge in [0.05, 0.1) is 5.92 Å². The molecule has 1 fully saturated rings. The first-order valence-electron chi connectivity index (χ1n) is 12.7.